The molecule has 0 aliphatic rings. The Morgan fingerprint density at radius 2 is 1.55 bits per heavy atom. The number of amides is 1. The molecule has 0 saturated heterocycles. The number of anilines is 2. The molecular weight excluding hydrogens is 415 g/mol. The van der Waals surface area contributed by atoms with Crippen LogP contribution in [0, 0.1) is 26.6 Å². The van der Waals surface area contributed by atoms with Gasteiger partial charge in [0, 0.05) is 16.8 Å². The lowest BCUT2D eigenvalue weighted by Crippen LogP contribution is -2.29. The van der Waals surface area contributed by atoms with Gasteiger partial charge >= 0.3 is 0 Å². The van der Waals surface area contributed by atoms with Gasteiger partial charge in [0.1, 0.15) is 5.82 Å². The highest BCUT2D eigenvalue weighted by Crippen LogP contribution is 2.25. The summed E-state index contributed by atoms with van der Waals surface area (Å²) in [5.74, 6) is -0.766. The van der Waals surface area contributed by atoms with Crippen molar-refractivity contribution in [1.82, 2.24) is 0 Å². The van der Waals surface area contributed by atoms with Crippen LogP contribution >= 0.6 is 0 Å². The molecule has 0 heterocycles. The quantitative estimate of drug-likeness (QED) is 0.589. The molecule has 3 rings (SSSR count). The molecule has 3 aromatic rings. The summed E-state index contributed by atoms with van der Waals surface area (Å²) in [4.78, 5) is 12.7. The monoisotopic (exact) mass is 440 g/mol. The second kappa shape index (κ2) is 8.89. The molecule has 162 valence electrons. The van der Waals surface area contributed by atoms with Crippen molar-refractivity contribution in [3.8, 4) is 0 Å². The van der Waals surface area contributed by atoms with E-state index in [0.717, 1.165) is 32.9 Å². The van der Waals surface area contributed by atoms with Crippen LogP contribution in [0.1, 0.15) is 32.6 Å². The zero-order valence-electron chi connectivity index (χ0n) is 17.9. The second-order valence-corrected chi connectivity index (χ2v) is 9.54. The zero-order valence-corrected chi connectivity index (χ0v) is 18.8. The van der Waals surface area contributed by atoms with Crippen LogP contribution < -0.4 is 9.62 Å². The van der Waals surface area contributed by atoms with Crippen LogP contribution in [0.25, 0.3) is 0 Å². The number of aryl methyl sites for hydroxylation is 3. The molecule has 0 bridgehead atoms. The molecule has 31 heavy (non-hydrogen) atoms. The first-order valence-electron chi connectivity index (χ1n) is 9.76. The summed E-state index contributed by atoms with van der Waals surface area (Å²) >= 11 is 0. The highest BCUT2D eigenvalue weighted by molar-refractivity contribution is 7.92. The average molecular weight is 441 g/mol. The van der Waals surface area contributed by atoms with Crippen LogP contribution in [-0.2, 0) is 16.6 Å². The van der Waals surface area contributed by atoms with E-state index in [9.17, 15) is 17.6 Å². The predicted molar refractivity (Wildman–Crippen MR) is 122 cm³/mol. The molecule has 0 fully saturated rings. The normalized spacial score (nSPS) is 11.3. The van der Waals surface area contributed by atoms with E-state index in [-0.39, 0.29) is 18.0 Å². The van der Waals surface area contributed by atoms with Crippen LogP contribution in [0.4, 0.5) is 15.8 Å². The van der Waals surface area contributed by atoms with Crippen molar-refractivity contribution < 1.29 is 17.6 Å². The number of nitrogens with one attached hydrogen (secondary N) is 1. The van der Waals surface area contributed by atoms with Gasteiger partial charge in [0.2, 0.25) is 10.0 Å². The van der Waals surface area contributed by atoms with Crippen molar-refractivity contribution in [3.05, 3.63) is 94.3 Å². The third-order valence-corrected chi connectivity index (χ3v) is 6.15. The van der Waals surface area contributed by atoms with Gasteiger partial charge in [0.25, 0.3) is 5.91 Å². The lowest BCUT2D eigenvalue weighted by Gasteiger charge is -2.23. The Balaban J connectivity index is 1.85. The van der Waals surface area contributed by atoms with Gasteiger partial charge in [-0.1, -0.05) is 35.9 Å². The average Bonchev–Trinajstić information content (AvgIpc) is 2.69. The van der Waals surface area contributed by atoms with Crippen molar-refractivity contribution in [2.45, 2.75) is 27.3 Å². The Morgan fingerprint density at radius 1 is 0.968 bits per heavy atom. The largest absolute Gasteiger partial charge is 0.322 e. The summed E-state index contributed by atoms with van der Waals surface area (Å²) in [6, 6.07) is 16.2. The van der Waals surface area contributed by atoms with Gasteiger partial charge in [-0.05, 0) is 62.2 Å². The van der Waals surface area contributed by atoms with Gasteiger partial charge < -0.3 is 5.32 Å². The van der Waals surface area contributed by atoms with E-state index in [1.165, 1.54) is 6.07 Å². The lowest BCUT2D eigenvalue weighted by molar-refractivity contribution is 0.102. The zero-order chi connectivity index (χ0) is 22.8. The first-order chi connectivity index (χ1) is 14.6. The van der Waals surface area contributed by atoms with Crippen LogP contribution in [0.3, 0.4) is 0 Å². The fourth-order valence-electron chi connectivity index (χ4n) is 3.52. The van der Waals surface area contributed by atoms with E-state index in [1.807, 2.05) is 32.9 Å². The smallest absolute Gasteiger partial charge is 0.255 e. The Hall–Kier alpha value is -3.19. The van der Waals surface area contributed by atoms with Crippen molar-refractivity contribution in [2.75, 3.05) is 15.9 Å². The standard InChI is InChI=1S/C24H25FN2O3S/c1-16-13-17(2)23(18(3)14-16)26-24(28)19-9-11-21(12-10-19)27(31(4,29)30)15-20-7-5-6-8-22(20)25/h5-14H,15H2,1-4H3,(H,26,28). The second-order valence-electron chi connectivity index (χ2n) is 7.64. The topological polar surface area (TPSA) is 66.5 Å². The summed E-state index contributed by atoms with van der Waals surface area (Å²) < 4.78 is 39.8. The fourth-order valence-corrected chi connectivity index (χ4v) is 4.40. The van der Waals surface area contributed by atoms with Gasteiger partial charge in [-0.15, -0.1) is 0 Å². The predicted octanol–water partition coefficient (Wildman–Crippen LogP) is 4.97. The minimum Gasteiger partial charge on any atom is -0.322 e. The van der Waals surface area contributed by atoms with Gasteiger partial charge in [-0.3, -0.25) is 9.10 Å². The van der Waals surface area contributed by atoms with Gasteiger partial charge in [-0.2, -0.15) is 0 Å². The van der Waals surface area contributed by atoms with E-state index in [0.29, 0.717) is 11.3 Å². The molecule has 1 amide bonds. The van der Waals surface area contributed by atoms with Gasteiger partial charge in [0.05, 0.1) is 18.5 Å². The molecule has 0 unspecified atom stereocenters. The van der Waals surface area contributed by atoms with E-state index < -0.39 is 15.8 Å². The Bertz CT molecular complexity index is 1200. The van der Waals surface area contributed by atoms with Gasteiger partial charge in [0.15, 0.2) is 0 Å². The van der Waals surface area contributed by atoms with Crippen LogP contribution in [0.15, 0.2) is 60.7 Å². The molecular formula is C24H25FN2O3S. The molecule has 7 heteroatoms. The highest BCUT2D eigenvalue weighted by atomic mass is 32.2. The van der Waals surface area contributed by atoms with Gasteiger partial charge in [-0.25, -0.2) is 12.8 Å². The number of sulfonamides is 1. The Labute approximate surface area is 182 Å². The van der Waals surface area contributed by atoms with Crippen molar-refractivity contribution in [2.24, 2.45) is 0 Å². The number of nitrogens with zero attached hydrogens (tertiary/aromatic N) is 1. The maximum absolute atomic E-state index is 14.0. The van der Waals surface area contributed by atoms with E-state index in [1.54, 1.807) is 42.5 Å². The number of rotatable bonds is 6. The third-order valence-electron chi connectivity index (χ3n) is 5.01. The first-order valence-corrected chi connectivity index (χ1v) is 11.6. The number of carbonyl (C=O) groups is 1. The van der Waals surface area contributed by atoms with Crippen LogP contribution in [0.5, 0.6) is 0 Å². The Kier molecular flexibility index (Phi) is 6.45. The third kappa shape index (κ3) is 5.30. The van der Waals surface area contributed by atoms with Crippen molar-refractivity contribution in [1.29, 1.82) is 0 Å². The number of hydrogen-bond acceptors (Lipinski definition) is 3. The van der Waals surface area contributed by atoms with Crippen LogP contribution in [-0.4, -0.2) is 20.6 Å². The summed E-state index contributed by atoms with van der Waals surface area (Å²) in [7, 11) is -3.66. The molecule has 0 atom stereocenters. The SMILES string of the molecule is Cc1cc(C)c(NC(=O)c2ccc(N(Cc3ccccc3F)S(C)(=O)=O)cc2)c(C)c1. The maximum Gasteiger partial charge on any atom is 0.255 e. The number of carbonyl (C=O) groups excluding carboxylic acids is 1. The highest BCUT2D eigenvalue weighted by Gasteiger charge is 2.20. The van der Waals surface area contributed by atoms with Crippen molar-refractivity contribution >= 4 is 27.3 Å². The summed E-state index contributed by atoms with van der Waals surface area (Å²) in [6.45, 7) is 5.73. The first kappa shape index (κ1) is 22.5. The number of hydrogen-bond donors (Lipinski definition) is 1. The van der Waals surface area contributed by atoms with Crippen LogP contribution in [0.2, 0.25) is 0 Å². The molecule has 1 N–H and O–H groups in total. The molecule has 5 nitrogen and oxygen atoms in total. The van der Waals surface area contributed by atoms with E-state index in [2.05, 4.69) is 5.32 Å². The molecule has 0 saturated carbocycles. The summed E-state index contributed by atoms with van der Waals surface area (Å²) in [5.41, 5.74) is 4.82. The lowest BCUT2D eigenvalue weighted by atomic mass is 10.0. The molecule has 0 aliphatic heterocycles. The minimum absolute atomic E-state index is 0.140. The maximum atomic E-state index is 14.0. The number of benzene rings is 3. The molecule has 0 spiro atoms. The Morgan fingerprint density at radius 3 is 2.10 bits per heavy atom. The van der Waals surface area contributed by atoms with Crippen molar-refractivity contribution in [3.63, 3.8) is 0 Å². The molecule has 3 aromatic carbocycles. The fraction of sp³-hybridized carbons (Fsp3) is 0.208. The molecule has 0 aliphatic carbocycles. The summed E-state index contributed by atoms with van der Waals surface area (Å²) in [5, 5.41) is 2.93. The van der Waals surface area contributed by atoms with E-state index >= 15 is 0 Å². The number of halogens is 1. The summed E-state index contributed by atoms with van der Waals surface area (Å²) in [6.07, 6.45) is 1.07. The molecule has 0 aromatic heterocycles. The van der Waals surface area contributed by atoms with E-state index in [4.69, 9.17) is 0 Å². The molecule has 0 radical (unpaired) electrons. The minimum atomic E-state index is -3.66.